The number of nitrogens with two attached hydrogens (primary N) is 2. The summed E-state index contributed by atoms with van der Waals surface area (Å²) in [6.45, 7) is 0. The zero-order chi connectivity index (χ0) is 8.43. The smallest absolute Gasteiger partial charge is 0.423 e. The van der Waals surface area contributed by atoms with Crippen molar-refractivity contribution in [1.29, 1.82) is 0 Å². The van der Waals surface area contributed by atoms with Gasteiger partial charge < -0.3 is 21.5 Å². The van der Waals surface area contributed by atoms with Crippen molar-refractivity contribution in [2.45, 2.75) is 0 Å². The van der Waals surface area contributed by atoms with Gasteiger partial charge in [-0.25, -0.2) is 4.98 Å². The van der Waals surface area contributed by atoms with Crippen LogP contribution in [-0.2, 0) is 0 Å². The molecule has 0 unspecified atom stereocenters. The zero-order valence-corrected chi connectivity index (χ0v) is 6.95. The highest BCUT2D eigenvalue weighted by molar-refractivity contribution is 6.58. The monoisotopic (exact) mass is 189 g/mol. The minimum Gasteiger partial charge on any atom is -0.423 e. The van der Waals surface area contributed by atoms with Crippen LogP contribution in [0.15, 0.2) is 12.3 Å². The lowest BCUT2D eigenvalue weighted by Crippen LogP contribution is -2.30. The summed E-state index contributed by atoms with van der Waals surface area (Å²) in [6, 6.07) is 1.37. The molecule has 0 saturated carbocycles. The molecule has 1 aromatic heterocycles. The summed E-state index contributed by atoms with van der Waals surface area (Å²) in [4.78, 5) is 3.63. The molecule has 0 atom stereocenters. The van der Waals surface area contributed by atoms with Gasteiger partial charge in [-0.1, -0.05) is 0 Å². The predicted molar refractivity (Wildman–Crippen MR) is 50.1 cm³/mol. The summed E-state index contributed by atoms with van der Waals surface area (Å²) in [5.74, 6) is 0.189. The average molecular weight is 189 g/mol. The molecule has 0 aliphatic rings. The highest BCUT2D eigenvalue weighted by Crippen LogP contribution is 2.05. The molecule has 1 aromatic rings. The SMILES string of the molecule is Cl.Nc1cc(B(O)O)cnc1N. The van der Waals surface area contributed by atoms with Gasteiger partial charge in [-0.05, 0) is 6.07 Å². The molecule has 66 valence electrons. The van der Waals surface area contributed by atoms with E-state index in [4.69, 9.17) is 21.5 Å². The fourth-order valence-electron chi connectivity index (χ4n) is 0.651. The number of halogens is 1. The zero-order valence-electron chi connectivity index (χ0n) is 6.14. The number of anilines is 2. The highest BCUT2D eigenvalue weighted by Gasteiger charge is 2.11. The fraction of sp³-hybridized carbons (Fsp3) is 0. The Bertz CT molecular complexity index is 271. The maximum absolute atomic E-state index is 8.66. The van der Waals surface area contributed by atoms with E-state index in [1.807, 2.05) is 0 Å². The second kappa shape index (κ2) is 4.15. The van der Waals surface area contributed by atoms with Crippen LogP contribution in [-0.4, -0.2) is 22.2 Å². The van der Waals surface area contributed by atoms with Crippen LogP contribution in [0.2, 0.25) is 0 Å². The maximum Gasteiger partial charge on any atom is 0.490 e. The summed E-state index contributed by atoms with van der Waals surface area (Å²) < 4.78 is 0. The first kappa shape index (κ1) is 11.0. The molecular weight excluding hydrogens is 180 g/mol. The van der Waals surface area contributed by atoms with Crippen LogP contribution in [0.4, 0.5) is 11.5 Å². The van der Waals surface area contributed by atoms with Gasteiger partial charge in [-0.3, -0.25) is 0 Å². The number of hydrogen-bond donors (Lipinski definition) is 4. The van der Waals surface area contributed by atoms with Crippen LogP contribution in [0.3, 0.4) is 0 Å². The van der Waals surface area contributed by atoms with Gasteiger partial charge in [0, 0.05) is 11.7 Å². The number of nitrogen functional groups attached to an aromatic ring is 2. The van der Waals surface area contributed by atoms with Crippen LogP contribution in [0.25, 0.3) is 0 Å². The molecule has 0 fully saturated rings. The molecule has 0 saturated heterocycles. The Morgan fingerprint density at radius 1 is 1.33 bits per heavy atom. The second-order valence-electron chi connectivity index (χ2n) is 2.12. The van der Waals surface area contributed by atoms with E-state index in [1.54, 1.807) is 0 Å². The van der Waals surface area contributed by atoms with Gasteiger partial charge in [0.25, 0.3) is 0 Å². The molecule has 0 aliphatic carbocycles. The van der Waals surface area contributed by atoms with E-state index in [9.17, 15) is 0 Å². The summed E-state index contributed by atoms with van der Waals surface area (Å²) in [6.07, 6.45) is 1.26. The van der Waals surface area contributed by atoms with Crippen molar-refractivity contribution >= 4 is 36.5 Å². The molecule has 6 N–H and O–H groups in total. The Hall–Kier alpha value is -0.975. The highest BCUT2D eigenvalue weighted by atomic mass is 35.5. The van der Waals surface area contributed by atoms with Gasteiger partial charge in [0.05, 0.1) is 5.69 Å². The van der Waals surface area contributed by atoms with Crippen molar-refractivity contribution in [1.82, 2.24) is 4.98 Å². The molecule has 0 radical (unpaired) electrons. The second-order valence-corrected chi connectivity index (χ2v) is 2.12. The van der Waals surface area contributed by atoms with Crippen molar-refractivity contribution in [3.8, 4) is 0 Å². The number of hydrogen-bond acceptors (Lipinski definition) is 5. The van der Waals surface area contributed by atoms with Gasteiger partial charge in [-0.15, -0.1) is 12.4 Å². The summed E-state index contributed by atoms with van der Waals surface area (Å²) in [5.41, 5.74) is 11.1. The number of nitrogens with zero attached hydrogens (tertiary/aromatic N) is 1. The lowest BCUT2D eigenvalue weighted by molar-refractivity contribution is 0.425. The number of rotatable bonds is 1. The topological polar surface area (TPSA) is 105 Å². The molecule has 0 aliphatic heterocycles. The quantitative estimate of drug-likeness (QED) is 0.396. The van der Waals surface area contributed by atoms with Gasteiger partial charge in [0.15, 0.2) is 0 Å². The van der Waals surface area contributed by atoms with Gasteiger partial charge in [-0.2, -0.15) is 0 Å². The molecule has 1 rings (SSSR count). The van der Waals surface area contributed by atoms with E-state index in [2.05, 4.69) is 4.98 Å². The maximum atomic E-state index is 8.66. The van der Waals surface area contributed by atoms with Crippen LogP contribution in [0.5, 0.6) is 0 Å². The third-order valence-electron chi connectivity index (χ3n) is 1.27. The van der Waals surface area contributed by atoms with Gasteiger partial charge >= 0.3 is 7.12 Å². The predicted octanol–water partition coefficient (Wildman–Crippen LogP) is -1.65. The Labute approximate surface area is 76.0 Å². The molecule has 7 heteroatoms. The first-order valence-electron chi connectivity index (χ1n) is 2.98. The molecule has 0 amide bonds. The van der Waals surface area contributed by atoms with E-state index in [-0.39, 0.29) is 29.4 Å². The first-order valence-corrected chi connectivity index (χ1v) is 2.98. The van der Waals surface area contributed by atoms with E-state index < -0.39 is 7.12 Å². The molecule has 0 spiro atoms. The Morgan fingerprint density at radius 3 is 2.33 bits per heavy atom. The Morgan fingerprint density at radius 2 is 1.92 bits per heavy atom. The van der Waals surface area contributed by atoms with Crippen molar-refractivity contribution in [2.24, 2.45) is 0 Å². The molecule has 1 heterocycles. The molecule has 12 heavy (non-hydrogen) atoms. The summed E-state index contributed by atoms with van der Waals surface area (Å²) >= 11 is 0. The first-order chi connectivity index (χ1) is 5.11. The fourth-order valence-corrected chi connectivity index (χ4v) is 0.651. The van der Waals surface area contributed by atoms with Gasteiger partial charge in [0.2, 0.25) is 0 Å². The van der Waals surface area contributed by atoms with Crippen LogP contribution in [0, 0.1) is 0 Å². The van der Waals surface area contributed by atoms with Crippen LogP contribution in [0.1, 0.15) is 0 Å². The third kappa shape index (κ3) is 2.26. The molecular formula is C5H9BClN3O2. The van der Waals surface area contributed by atoms with Crippen molar-refractivity contribution in [2.75, 3.05) is 11.5 Å². The largest absolute Gasteiger partial charge is 0.490 e. The third-order valence-corrected chi connectivity index (χ3v) is 1.27. The standard InChI is InChI=1S/C5H8BN3O2.ClH/c7-4-1-3(6(10)11)2-9-5(4)8;/h1-2,10-11H,7H2,(H2,8,9);1H. The van der Waals surface area contributed by atoms with E-state index in [1.165, 1.54) is 12.3 Å². The minimum atomic E-state index is -1.55. The molecule has 5 nitrogen and oxygen atoms in total. The van der Waals surface area contributed by atoms with E-state index >= 15 is 0 Å². The summed E-state index contributed by atoms with van der Waals surface area (Å²) in [5, 5.41) is 17.3. The summed E-state index contributed by atoms with van der Waals surface area (Å²) in [7, 11) is -1.55. The Kier molecular flexibility index (Phi) is 3.81. The normalized spacial score (nSPS) is 8.83. The van der Waals surface area contributed by atoms with Crippen molar-refractivity contribution in [3.05, 3.63) is 12.3 Å². The number of pyridine rings is 1. The van der Waals surface area contributed by atoms with Crippen molar-refractivity contribution in [3.63, 3.8) is 0 Å². The molecule has 0 bridgehead atoms. The lowest BCUT2D eigenvalue weighted by atomic mass is 9.81. The van der Waals surface area contributed by atoms with E-state index in [0.29, 0.717) is 0 Å². The lowest BCUT2D eigenvalue weighted by Gasteiger charge is -2.01. The molecule has 0 aromatic carbocycles. The Balaban J connectivity index is 0.00000121. The van der Waals surface area contributed by atoms with Crippen LogP contribution >= 0.6 is 12.4 Å². The number of aromatic nitrogens is 1. The van der Waals surface area contributed by atoms with Crippen LogP contribution < -0.4 is 16.9 Å². The van der Waals surface area contributed by atoms with Crippen molar-refractivity contribution < 1.29 is 10.0 Å². The average Bonchev–Trinajstić information content (AvgIpc) is 1.94. The van der Waals surface area contributed by atoms with E-state index in [0.717, 1.165) is 0 Å². The van der Waals surface area contributed by atoms with Gasteiger partial charge in [0.1, 0.15) is 5.82 Å². The minimum absolute atomic E-state index is 0.